The fourth-order valence-corrected chi connectivity index (χ4v) is 4.21. The Hall–Kier alpha value is -2.57. The Morgan fingerprint density at radius 1 is 0.929 bits per heavy atom. The first kappa shape index (κ1) is 18.8. The van der Waals surface area contributed by atoms with E-state index < -0.39 is 5.91 Å². The number of likely N-dealkylation sites (tertiary alicyclic amines) is 1. The molecular formula is C21H28N4O3. The molecule has 1 aromatic carbocycles. The average molecular weight is 384 g/mol. The predicted molar refractivity (Wildman–Crippen MR) is 107 cm³/mol. The number of anilines is 2. The number of benzene rings is 1. The Balaban J connectivity index is 1.43. The van der Waals surface area contributed by atoms with Crippen molar-refractivity contribution in [1.29, 1.82) is 0 Å². The highest BCUT2D eigenvalue weighted by Crippen LogP contribution is 2.34. The molecule has 0 unspecified atom stereocenters. The molecule has 3 aliphatic rings. The molecule has 0 atom stereocenters. The molecule has 2 aliphatic heterocycles. The van der Waals surface area contributed by atoms with E-state index in [9.17, 15) is 14.4 Å². The maximum absolute atomic E-state index is 12.9. The number of amides is 3. The van der Waals surface area contributed by atoms with Gasteiger partial charge in [-0.05, 0) is 56.7 Å². The number of rotatable bonds is 5. The quantitative estimate of drug-likeness (QED) is 0.811. The number of nitrogens with two attached hydrogens (primary N) is 1. The first-order chi connectivity index (χ1) is 13.5. The van der Waals surface area contributed by atoms with Crippen LogP contribution in [0.15, 0.2) is 18.2 Å². The first-order valence-corrected chi connectivity index (χ1v) is 10.3. The average Bonchev–Trinajstić information content (AvgIpc) is 3.42. The molecule has 0 radical (unpaired) electrons. The van der Waals surface area contributed by atoms with Gasteiger partial charge in [-0.15, -0.1) is 0 Å². The molecule has 3 N–H and O–H groups in total. The summed E-state index contributed by atoms with van der Waals surface area (Å²) in [4.78, 5) is 40.8. The van der Waals surface area contributed by atoms with Crippen molar-refractivity contribution in [2.24, 2.45) is 17.6 Å². The van der Waals surface area contributed by atoms with Crippen LogP contribution in [0.25, 0.3) is 0 Å². The van der Waals surface area contributed by atoms with E-state index in [-0.39, 0.29) is 23.7 Å². The number of piperidine rings is 1. The van der Waals surface area contributed by atoms with Crippen LogP contribution in [-0.4, -0.2) is 48.8 Å². The molecular weight excluding hydrogens is 356 g/mol. The largest absolute Gasteiger partial charge is 0.370 e. The third kappa shape index (κ3) is 3.98. The summed E-state index contributed by atoms with van der Waals surface area (Å²) >= 11 is 0. The first-order valence-electron chi connectivity index (χ1n) is 10.3. The molecule has 0 aromatic heterocycles. The third-order valence-electron chi connectivity index (χ3n) is 6.09. The van der Waals surface area contributed by atoms with Gasteiger partial charge in [-0.3, -0.25) is 14.4 Å². The van der Waals surface area contributed by atoms with Crippen molar-refractivity contribution in [3.63, 3.8) is 0 Å². The second-order valence-electron chi connectivity index (χ2n) is 8.15. The minimum atomic E-state index is -0.504. The SMILES string of the molecule is NC(=O)c1ccc(N2CCCC2)c(NC(=O)C2CCN(C(=O)C3CC3)CC2)c1. The normalized spacial score (nSPS) is 20.3. The molecule has 0 bridgehead atoms. The summed E-state index contributed by atoms with van der Waals surface area (Å²) < 4.78 is 0. The summed E-state index contributed by atoms with van der Waals surface area (Å²) in [6, 6.07) is 5.27. The van der Waals surface area contributed by atoms with Crippen LogP contribution < -0.4 is 16.0 Å². The number of primary amides is 1. The van der Waals surface area contributed by atoms with Crippen molar-refractivity contribution in [2.75, 3.05) is 36.4 Å². The van der Waals surface area contributed by atoms with Crippen molar-refractivity contribution in [1.82, 2.24) is 4.90 Å². The Morgan fingerprint density at radius 3 is 2.21 bits per heavy atom. The molecule has 0 spiro atoms. The van der Waals surface area contributed by atoms with E-state index in [1.165, 1.54) is 0 Å². The van der Waals surface area contributed by atoms with E-state index >= 15 is 0 Å². The van der Waals surface area contributed by atoms with Crippen molar-refractivity contribution in [3.8, 4) is 0 Å². The van der Waals surface area contributed by atoms with E-state index in [2.05, 4.69) is 10.2 Å². The Bertz CT molecular complexity index is 776. The van der Waals surface area contributed by atoms with Gasteiger partial charge in [0.15, 0.2) is 0 Å². The smallest absolute Gasteiger partial charge is 0.248 e. The van der Waals surface area contributed by atoms with Gasteiger partial charge in [0, 0.05) is 43.6 Å². The zero-order valence-electron chi connectivity index (χ0n) is 16.2. The molecule has 3 fully saturated rings. The van der Waals surface area contributed by atoms with Crippen LogP contribution in [-0.2, 0) is 9.59 Å². The molecule has 7 nitrogen and oxygen atoms in total. The molecule has 2 heterocycles. The minimum Gasteiger partial charge on any atom is -0.370 e. The number of nitrogens with one attached hydrogen (secondary N) is 1. The fourth-order valence-electron chi connectivity index (χ4n) is 4.21. The van der Waals surface area contributed by atoms with Crippen LogP contribution in [0, 0.1) is 11.8 Å². The van der Waals surface area contributed by atoms with Crippen LogP contribution in [0.5, 0.6) is 0 Å². The van der Waals surface area contributed by atoms with Gasteiger partial charge in [0.1, 0.15) is 0 Å². The minimum absolute atomic E-state index is 0.0411. The van der Waals surface area contributed by atoms with Gasteiger partial charge in [0.2, 0.25) is 17.7 Å². The van der Waals surface area contributed by atoms with E-state index in [0.29, 0.717) is 37.2 Å². The van der Waals surface area contributed by atoms with Gasteiger partial charge in [-0.1, -0.05) is 0 Å². The molecule has 2 saturated heterocycles. The monoisotopic (exact) mass is 384 g/mol. The lowest BCUT2D eigenvalue weighted by Gasteiger charge is -2.32. The molecule has 1 aromatic rings. The molecule has 28 heavy (non-hydrogen) atoms. The van der Waals surface area contributed by atoms with Crippen molar-refractivity contribution in [2.45, 2.75) is 38.5 Å². The Labute approximate surface area is 165 Å². The molecule has 3 amide bonds. The Morgan fingerprint density at radius 2 is 1.61 bits per heavy atom. The van der Waals surface area contributed by atoms with E-state index in [0.717, 1.165) is 44.5 Å². The zero-order valence-corrected chi connectivity index (χ0v) is 16.2. The number of carbonyl (C=O) groups excluding carboxylic acids is 3. The lowest BCUT2D eigenvalue weighted by atomic mass is 9.95. The van der Waals surface area contributed by atoms with Crippen molar-refractivity contribution >= 4 is 29.1 Å². The van der Waals surface area contributed by atoms with Crippen LogP contribution in [0.3, 0.4) is 0 Å². The van der Waals surface area contributed by atoms with E-state index in [1.54, 1.807) is 12.1 Å². The third-order valence-corrected chi connectivity index (χ3v) is 6.09. The highest BCUT2D eigenvalue weighted by atomic mass is 16.2. The van der Waals surface area contributed by atoms with Gasteiger partial charge in [0.05, 0.1) is 11.4 Å². The second kappa shape index (κ2) is 7.81. The van der Waals surface area contributed by atoms with E-state index in [1.807, 2.05) is 11.0 Å². The van der Waals surface area contributed by atoms with Gasteiger partial charge in [0.25, 0.3) is 0 Å². The highest BCUT2D eigenvalue weighted by molar-refractivity contribution is 6.00. The predicted octanol–water partition coefficient (Wildman–Crippen LogP) is 1.97. The molecule has 1 aliphatic carbocycles. The highest BCUT2D eigenvalue weighted by Gasteiger charge is 2.36. The van der Waals surface area contributed by atoms with Gasteiger partial charge >= 0.3 is 0 Å². The van der Waals surface area contributed by atoms with E-state index in [4.69, 9.17) is 5.73 Å². The van der Waals surface area contributed by atoms with Crippen LogP contribution in [0.2, 0.25) is 0 Å². The lowest BCUT2D eigenvalue weighted by molar-refractivity contribution is -0.135. The lowest BCUT2D eigenvalue weighted by Crippen LogP contribution is -2.42. The summed E-state index contributed by atoms with van der Waals surface area (Å²) in [5.41, 5.74) is 7.42. The summed E-state index contributed by atoms with van der Waals surface area (Å²) in [6.45, 7) is 3.18. The standard InChI is InChI=1S/C21H28N4O3/c22-19(26)16-5-6-18(24-9-1-2-10-24)17(13-16)23-20(27)14-7-11-25(12-8-14)21(28)15-3-4-15/h5-6,13-15H,1-4,7-12H2,(H2,22,26)(H,23,27). The molecule has 7 heteroatoms. The number of hydrogen-bond donors (Lipinski definition) is 2. The number of nitrogens with zero attached hydrogens (tertiary/aromatic N) is 2. The number of carbonyl (C=O) groups is 3. The van der Waals surface area contributed by atoms with Crippen molar-refractivity contribution < 1.29 is 14.4 Å². The molecule has 1 saturated carbocycles. The maximum atomic E-state index is 12.9. The maximum Gasteiger partial charge on any atom is 0.248 e. The molecule has 150 valence electrons. The summed E-state index contributed by atoms with van der Waals surface area (Å²) in [5, 5.41) is 3.04. The second-order valence-corrected chi connectivity index (χ2v) is 8.15. The van der Waals surface area contributed by atoms with Gasteiger partial charge in [-0.2, -0.15) is 0 Å². The van der Waals surface area contributed by atoms with Crippen LogP contribution >= 0.6 is 0 Å². The molecule has 4 rings (SSSR count). The van der Waals surface area contributed by atoms with Crippen molar-refractivity contribution in [3.05, 3.63) is 23.8 Å². The Kier molecular flexibility index (Phi) is 5.24. The topological polar surface area (TPSA) is 95.7 Å². The summed E-state index contributed by atoms with van der Waals surface area (Å²) in [6.07, 6.45) is 5.62. The summed E-state index contributed by atoms with van der Waals surface area (Å²) in [7, 11) is 0. The van der Waals surface area contributed by atoms with Gasteiger partial charge in [-0.25, -0.2) is 0 Å². The number of hydrogen-bond acceptors (Lipinski definition) is 4. The zero-order chi connectivity index (χ0) is 19.7. The fraction of sp³-hybridized carbons (Fsp3) is 0.571. The van der Waals surface area contributed by atoms with Crippen LogP contribution in [0.4, 0.5) is 11.4 Å². The summed E-state index contributed by atoms with van der Waals surface area (Å²) in [5.74, 6) is -0.183. The van der Waals surface area contributed by atoms with Gasteiger partial charge < -0.3 is 20.9 Å². The van der Waals surface area contributed by atoms with Crippen LogP contribution in [0.1, 0.15) is 48.9 Å².